The van der Waals surface area contributed by atoms with Crippen molar-refractivity contribution < 1.29 is 13.2 Å². The largest absolute Gasteiger partial charge is 0.417 e. The molecule has 2 saturated heterocycles. The lowest BCUT2D eigenvalue weighted by Gasteiger charge is -2.39. The summed E-state index contributed by atoms with van der Waals surface area (Å²) in [5.41, 5.74) is 0.0796. The van der Waals surface area contributed by atoms with Crippen LogP contribution in [0.15, 0.2) is 22.7 Å². The van der Waals surface area contributed by atoms with Crippen molar-refractivity contribution in [2.45, 2.75) is 25.1 Å². The molecular weight excluding hydrogens is 333 g/mol. The minimum Gasteiger partial charge on any atom is -0.369 e. The molecule has 0 aliphatic carbocycles. The van der Waals surface area contributed by atoms with Gasteiger partial charge in [0.25, 0.3) is 0 Å². The molecule has 0 spiro atoms. The van der Waals surface area contributed by atoms with Crippen LogP contribution in [0, 0.1) is 0 Å². The third kappa shape index (κ3) is 2.68. The number of hydrogen-bond acceptors (Lipinski definition) is 2. The van der Waals surface area contributed by atoms with Crippen molar-refractivity contribution in [3.8, 4) is 0 Å². The van der Waals surface area contributed by atoms with Gasteiger partial charge in [-0.3, -0.25) is 4.90 Å². The molecule has 0 saturated carbocycles. The quantitative estimate of drug-likeness (QED) is 0.762. The maximum Gasteiger partial charge on any atom is 0.417 e. The van der Waals surface area contributed by atoms with Gasteiger partial charge in [-0.2, -0.15) is 13.2 Å². The normalized spacial score (nSPS) is 24.0. The van der Waals surface area contributed by atoms with Gasteiger partial charge < -0.3 is 4.90 Å². The Morgan fingerprint density at radius 3 is 2.70 bits per heavy atom. The predicted octanol–water partition coefficient (Wildman–Crippen LogP) is 3.75. The second-order valence-electron chi connectivity index (χ2n) is 5.44. The summed E-state index contributed by atoms with van der Waals surface area (Å²) in [7, 11) is 0. The van der Waals surface area contributed by atoms with Gasteiger partial charge in [-0.05, 0) is 37.6 Å². The zero-order valence-corrected chi connectivity index (χ0v) is 12.5. The summed E-state index contributed by atoms with van der Waals surface area (Å²) in [5.74, 6) is 0. The third-order valence-electron chi connectivity index (χ3n) is 4.21. The van der Waals surface area contributed by atoms with Gasteiger partial charge in [0.05, 0.1) is 5.56 Å². The first kappa shape index (κ1) is 14.2. The monoisotopic (exact) mass is 348 g/mol. The molecule has 1 atom stereocenters. The van der Waals surface area contributed by atoms with Crippen molar-refractivity contribution in [2.75, 3.05) is 31.1 Å². The molecule has 1 unspecified atom stereocenters. The summed E-state index contributed by atoms with van der Waals surface area (Å²) in [6.07, 6.45) is -1.96. The lowest BCUT2D eigenvalue weighted by atomic mass is 10.1. The van der Waals surface area contributed by atoms with Crippen molar-refractivity contribution in [3.05, 3.63) is 28.2 Å². The molecule has 2 aliphatic rings. The van der Waals surface area contributed by atoms with Crippen LogP contribution in [0.4, 0.5) is 18.9 Å². The Bertz CT molecular complexity index is 504. The Labute approximate surface area is 124 Å². The van der Waals surface area contributed by atoms with Crippen LogP contribution in [-0.2, 0) is 6.18 Å². The second kappa shape index (κ2) is 5.22. The highest BCUT2D eigenvalue weighted by Gasteiger charge is 2.35. The number of fused-ring (bicyclic) bond motifs is 1. The molecule has 2 nitrogen and oxygen atoms in total. The Balaban J connectivity index is 1.84. The number of anilines is 1. The van der Waals surface area contributed by atoms with E-state index in [1.54, 1.807) is 6.07 Å². The fraction of sp³-hybridized carbons (Fsp3) is 0.571. The van der Waals surface area contributed by atoms with E-state index < -0.39 is 11.7 Å². The summed E-state index contributed by atoms with van der Waals surface area (Å²) in [6.45, 7) is 3.71. The van der Waals surface area contributed by atoms with Gasteiger partial charge in [0, 0.05) is 35.8 Å². The summed E-state index contributed by atoms with van der Waals surface area (Å²) >= 11 is 2.99. The van der Waals surface area contributed by atoms with E-state index in [-0.39, 0.29) is 4.47 Å². The van der Waals surface area contributed by atoms with Crippen LogP contribution in [0.1, 0.15) is 18.4 Å². The fourth-order valence-corrected chi connectivity index (χ4v) is 3.62. The lowest BCUT2D eigenvalue weighted by molar-refractivity contribution is -0.138. The molecule has 1 aromatic carbocycles. The Morgan fingerprint density at radius 2 is 1.95 bits per heavy atom. The van der Waals surface area contributed by atoms with Crippen LogP contribution >= 0.6 is 15.9 Å². The van der Waals surface area contributed by atoms with Gasteiger partial charge in [-0.25, -0.2) is 0 Å². The van der Waals surface area contributed by atoms with Gasteiger partial charge in [-0.1, -0.05) is 15.9 Å². The van der Waals surface area contributed by atoms with Crippen LogP contribution in [0.25, 0.3) is 0 Å². The molecule has 0 radical (unpaired) electrons. The first-order chi connectivity index (χ1) is 9.45. The Hall–Kier alpha value is -0.750. The molecule has 0 amide bonds. The van der Waals surface area contributed by atoms with E-state index in [2.05, 4.69) is 25.7 Å². The number of rotatable bonds is 1. The lowest BCUT2D eigenvalue weighted by Crippen LogP contribution is -2.50. The zero-order chi connectivity index (χ0) is 14.3. The Kier molecular flexibility index (Phi) is 3.71. The minimum atomic E-state index is -4.32. The van der Waals surface area contributed by atoms with E-state index >= 15 is 0 Å². The molecule has 0 bridgehead atoms. The maximum atomic E-state index is 13.0. The van der Waals surface area contributed by atoms with Crippen molar-refractivity contribution in [2.24, 2.45) is 0 Å². The molecule has 110 valence electrons. The SMILES string of the molecule is FC(F)(F)c1cc(N2CCN3CCCC3C2)ccc1Br. The fourth-order valence-electron chi connectivity index (χ4n) is 3.15. The highest BCUT2D eigenvalue weighted by Crippen LogP contribution is 2.37. The summed E-state index contributed by atoms with van der Waals surface area (Å²) in [6, 6.07) is 5.03. The molecule has 6 heteroatoms. The molecule has 0 N–H and O–H groups in total. The average Bonchev–Trinajstić information content (AvgIpc) is 2.85. The number of nitrogens with zero attached hydrogens (tertiary/aromatic N) is 2. The number of piperazine rings is 1. The van der Waals surface area contributed by atoms with Crippen LogP contribution in [-0.4, -0.2) is 37.1 Å². The highest BCUT2D eigenvalue weighted by molar-refractivity contribution is 9.10. The van der Waals surface area contributed by atoms with Crippen molar-refractivity contribution in [1.29, 1.82) is 0 Å². The van der Waals surface area contributed by atoms with E-state index in [1.807, 2.05) is 0 Å². The predicted molar refractivity (Wildman–Crippen MR) is 76.0 cm³/mol. The average molecular weight is 349 g/mol. The van der Waals surface area contributed by atoms with E-state index in [1.165, 1.54) is 18.6 Å². The van der Waals surface area contributed by atoms with Gasteiger partial charge in [0.1, 0.15) is 0 Å². The van der Waals surface area contributed by atoms with Crippen LogP contribution < -0.4 is 4.90 Å². The van der Waals surface area contributed by atoms with Gasteiger partial charge in [0.15, 0.2) is 0 Å². The molecule has 2 fully saturated rings. The van der Waals surface area contributed by atoms with Crippen molar-refractivity contribution >= 4 is 21.6 Å². The van der Waals surface area contributed by atoms with E-state index in [0.29, 0.717) is 11.7 Å². The zero-order valence-electron chi connectivity index (χ0n) is 11.0. The second-order valence-corrected chi connectivity index (χ2v) is 6.29. The summed E-state index contributed by atoms with van der Waals surface area (Å²) in [4.78, 5) is 4.52. The topological polar surface area (TPSA) is 6.48 Å². The molecule has 2 aliphatic heterocycles. The van der Waals surface area contributed by atoms with E-state index in [4.69, 9.17) is 0 Å². The number of hydrogen-bond donors (Lipinski definition) is 0. The number of halogens is 4. The first-order valence-electron chi connectivity index (χ1n) is 6.81. The standard InChI is InChI=1S/C14H16BrF3N2/c15-13-4-3-10(8-12(13)14(16,17)18)20-7-6-19-5-1-2-11(19)9-20/h3-4,8,11H,1-2,5-7,9H2. The molecule has 1 aromatic rings. The highest BCUT2D eigenvalue weighted by atomic mass is 79.9. The smallest absolute Gasteiger partial charge is 0.369 e. The number of alkyl halides is 3. The molecule has 0 aromatic heterocycles. The first-order valence-corrected chi connectivity index (χ1v) is 7.60. The maximum absolute atomic E-state index is 13.0. The minimum absolute atomic E-state index is 0.105. The van der Waals surface area contributed by atoms with Crippen molar-refractivity contribution in [1.82, 2.24) is 4.90 Å². The van der Waals surface area contributed by atoms with E-state index in [0.717, 1.165) is 32.6 Å². The van der Waals surface area contributed by atoms with Crippen LogP contribution in [0.3, 0.4) is 0 Å². The van der Waals surface area contributed by atoms with Crippen LogP contribution in [0.2, 0.25) is 0 Å². The van der Waals surface area contributed by atoms with Gasteiger partial charge in [0.2, 0.25) is 0 Å². The molecular formula is C14H16BrF3N2. The van der Waals surface area contributed by atoms with Gasteiger partial charge in [-0.15, -0.1) is 0 Å². The molecule has 3 rings (SSSR count). The van der Waals surface area contributed by atoms with E-state index in [9.17, 15) is 13.2 Å². The Morgan fingerprint density at radius 1 is 1.15 bits per heavy atom. The molecule has 20 heavy (non-hydrogen) atoms. The van der Waals surface area contributed by atoms with Crippen molar-refractivity contribution in [3.63, 3.8) is 0 Å². The summed E-state index contributed by atoms with van der Waals surface area (Å²) in [5, 5.41) is 0. The molecule has 2 heterocycles. The van der Waals surface area contributed by atoms with Gasteiger partial charge >= 0.3 is 6.18 Å². The number of benzene rings is 1. The third-order valence-corrected chi connectivity index (χ3v) is 4.90. The van der Waals surface area contributed by atoms with Crippen LogP contribution in [0.5, 0.6) is 0 Å². The summed E-state index contributed by atoms with van der Waals surface area (Å²) < 4.78 is 39.0.